The zero-order chi connectivity index (χ0) is 17.8. The summed E-state index contributed by atoms with van der Waals surface area (Å²) in [4.78, 5) is 35.2. The minimum absolute atomic E-state index is 0.0968. The summed E-state index contributed by atoms with van der Waals surface area (Å²) in [6, 6.07) is -1.83. The number of esters is 2. The van der Waals surface area contributed by atoms with Crippen LogP contribution < -0.4 is 11.5 Å². The molecule has 4 N–H and O–H groups in total. The largest absolute Gasteiger partial charge is 0.468 e. The minimum Gasteiger partial charge on any atom is -0.468 e. The van der Waals surface area contributed by atoms with E-state index in [-0.39, 0.29) is 11.5 Å². The number of nitrogens with two attached hydrogens (primary N) is 2. The third-order valence-electron chi connectivity index (χ3n) is 3.07. The molecule has 134 valence electrons. The van der Waals surface area contributed by atoms with Crippen molar-refractivity contribution < 1.29 is 23.9 Å². The fourth-order valence-corrected chi connectivity index (χ4v) is 4.43. The van der Waals surface area contributed by atoms with Crippen molar-refractivity contribution in [3.05, 3.63) is 0 Å². The highest BCUT2D eigenvalue weighted by molar-refractivity contribution is 8.77. The van der Waals surface area contributed by atoms with Gasteiger partial charge in [0.2, 0.25) is 0 Å². The summed E-state index contributed by atoms with van der Waals surface area (Å²) < 4.78 is 9.15. The number of carbonyl (C=O) groups excluding carboxylic acids is 3. The van der Waals surface area contributed by atoms with Crippen molar-refractivity contribution in [3.8, 4) is 0 Å². The summed E-state index contributed by atoms with van der Waals surface area (Å²) in [6.07, 6.45) is 3.06. The molecule has 3 atom stereocenters. The van der Waals surface area contributed by atoms with E-state index in [2.05, 4.69) is 9.47 Å². The van der Waals surface area contributed by atoms with Crippen LogP contribution in [0.15, 0.2) is 0 Å². The number of ether oxygens (including phenoxy) is 2. The van der Waals surface area contributed by atoms with Crippen molar-refractivity contribution in [1.82, 2.24) is 0 Å². The van der Waals surface area contributed by atoms with Gasteiger partial charge in [-0.2, -0.15) is 0 Å². The Bertz CT molecular complexity index is 395. The summed E-state index contributed by atoms with van der Waals surface area (Å²) >= 11 is 0. The predicted octanol–water partition coefficient (Wildman–Crippen LogP) is 0.886. The van der Waals surface area contributed by atoms with E-state index in [1.807, 2.05) is 6.92 Å². The van der Waals surface area contributed by atoms with Gasteiger partial charge in [-0.25, -0.2) is 0 Å². The van der Waals surface area contributed by atoms with Crippen LogP contribution in [0.25, 0.3) is 0 Å². The molecule has 23 heavy (non-hydrogen) atoms. The predicted molar refractivity (Wildman–Crippen MR) is 93.0 cm³/mol. The Kier molecular flexibility index (Phi) is 12.2. The SMILES string of the molecule is CCCCCC(=O)C(SSC[C@H](N)C(=O)OC)[C@H](N)C(=O)OC. The van der Waals surface area contributed by atoms with Crippen molar-refractivity contribution in [2.45, 2.75) is 49.9 Å². The molecule has 0 aromatic carbocycles. The molecule has 0 fully saturated rings. The third-order valence-corrected chi connectivity index (χ3v) is 5.90. The number of rotatable bonds is 12. The van der Waals surface area contributed by atoms with E-state index in [1.165, 1.54) is 25.0 Å². The second-order valence-electron chi connectivity index (χ2n) is 4.90. The molecule has 0 heterocycles. The first-order valence-electron chi connectivity index (χ1n) is 7.36. The molecule has 0 aliphatic heterocycles. The fourth-order valence-electron chi connectivity index (χ4n) is 1.67. The van der Waals surface area contributed by atoms with Crippen molar-refractivity contribution in [2.24, 2.45) is 11.5 Å². The van der Waals surface area contributed by atoms with Crippen molar-refractivity contribution in [1.29, 1.82) is 0 Å². The second-order valence-corrected chi connectivity index (χ2v) is 7.46. The summed E-state index contributed by atoms with van der Waals surface area (Å²) in [5.74, 6) is -1.00. The van der Waals surface area contributed by atoms with Gasteiger partial charge in [-0.05, 0) is 6.42 Å². The summed E-state index contributed by atoms with van der Waals surface area (Å²) in [5, 5.41) is -0.728. The number of hydrogen-bond donors (Lipinski definition) is 2. The number of unbranched alkanes of at least 4 members (excludes halogenated alkanes) is 2. The molecule has 7 nitrogen and oxygen atoms in total. The third kappa shape index (κ3) is 8.59. The van der Waals surface area contributed by atoms with Crippen LogP contribution in [0, 0.1) is 0 Å². The van der Waals surface area contributed by atoms with Gasteiger partial charge in [-0.3, -0.25) is 14.4 Å². The molecule has 0 aromatic rings. The van der Waals surface area contributed by atoms with Gasteiger partial charge >= 0.3 is 11.9 Å². The van der Waals surface area contributed by atoms with E-state index in [0.717, 1.165) is 30.1 Å². The van der Waals surface area contributed by atoms with E-state index < -0.39 is 29.3 Å². The molecular weight excluding hydrogens is 340 g/mol. The molecule has 0 amide bonds. The first kappa shape index (κ1) is 22.2. The van der Waals surface area contributed by atoms with E-state index in [9.17, 15) is 14.4 Å². The maximum atomic E-state index is 12.3. The van der Waals surface area contributed by atoms with Crippen LogP contribution in [0.4, 0.5) is 0 Å². The summed E-state index contributed by atoms with van der Waals surface area (Å²) in [7, 11) is 4.85. The van der Waals surface area contributed by atoms with E-state index in [4.69, 9.17) is 11.5 Å². The van der Waals surface area contributed by atoms with Crippen LogP contribution >= 0.6 is 21.6 Å². The number of Topliss-reactive ketones (excluding diaryl/α,β-unsaturated/α-hetero) is 1. The Balaban J connectivity index is 4.63. The van der Waals surface area contributed by atoms with Gasteiger partial charge < -0.3 is 20.9 Å². The maximum absolute atomic E-state index is 12.3. The van der Waals surface area contributed by atoms with Crippen molar-refractivity contribution in [3.63, 3.8) is 0 Å². The molecule has 0 saturated heterocycles. The topological polar surface area (TPSA) is 122 Å². The zero-order valence-corrected chi connectivity index (χ0v) is 15.4. The second kappa shape index (κ2) is 12.6. The smallest absolute Gasteiger partial charge is 0.324 e. The average Bonchev–Trinajstić information content (AvgIpc) is 2.56. The Morgan fingerprint density at radius 3 is 2.17 bits per heavy atom. The summed E-state index contributed by atoms with van der Waals surface area (Å²) in [5.41, 5.74) is 11.5. The van der Waals surface area contributed by atoms with Crippen LogP contribution in [0.3, 0.4) is 0 Å². The number of ketones is 1. The first-order valence-corrected chi connectivity index (χ1v) is 9.75. The van der Waals surface area contributed by atoms with Crippen LogP contribution in [0.5, 0.6) is 0 Å². The average molecular weight is 367 g/mol. The van der Waals surface area contributed by atoms with Crippen LogP contribution in [-0.4, -0.2) is 55.0 Å². The van der Waals surface area contributed by atoms with Gasteiger partial charge in [0.05, 0.1) is 19.5 Å². The molecule has 1 unspecified atom stereocenters. The molecule has 0 aliphatic rings. The maximum Gasteiger partial charge on any atom is 0.324 e. The minimum atomic E-state index is -1.04. The van der Waals surface area contributed by atoms with Gasteiger partial charge in [-0.15, -0.1) is 0 Å². The van der Waals surface area contributed by atoms with Gasteiger partial charge in [0.1, 0.15) is 17.9 Å². The lowest BCUT2D eigenvalue weighted by Gasteiger charge is -2.20. The molecule has 9 heteroatoms. The Morgan fingerprint density at radius 2 is 1.65 bits per heavy atom. The highest BCUT2D eigenvalue weighted by Gasteiger charge is 2.32. The Morgan fingerprint density at radius 1 is 1.04 bits per heavy atom. The normalized spacial score (nSPS) is 14.7. The lowest BCUT2D eigenvalue weighted by atomic mass is 10.1. The number of carbonyl (C=O) groups is 3. The van der Waals surface area contributed by atoms with Crippen LogP contribution in [-0.2, 0) is 23.9 Å². The molecule has 0 spiro atoms. The summed E-state index contributed by atoms with van der Waals surface area (Å²) in [6.45, 7) is 2.04. The molecule has 0 radical (unpaired) electrons. The number of hydrogen-bond acceptors (Lipinski definition) is 9. The van der Waals surface area contributed by atoms with E-state index in [1.54, 1.807) is 0 Å². The Hall–Kier alpha value is -0.770. The fraction of sp³-hybridized carbons (Fsp3) is 0.786. The van der Waals surface area contributed by atoms with Crippen molar-refractivity contribution >= 4 is 39.3 Å². The standard InChI is InChI=1S/C14H26N2O5S2/c1-4-5-6-7-10(17)12(11(16)14(19)21-3)23-22-8-9(15)13(18)20-2/h9,11-12H,4-8,15-16H2,1-3H3/t9-,11-,12?/m0/s1. The highest BCUT2D eigenvalue weighted by Crippen LogP contribution is 2.31. The molecule has 0 rings (SSSR count). The molecule has 0 aromatic heterocycles. The van der Waals surface area contributed by atoms with Crippen LogP contribution in [0.2, 0.25) is 0 Å². The van der Waals surface area contributed by atoms with Crippen molar-refractivity contribution in [2.75, 3.05) is 20.0 Å². The zero-order valence-electron chi connectivity index (χ0n) is 13.8. The van der Waals surface area contributed by atoms with Gasteiger partial charge in [0, 0.05) is 12.2 Å². The quantitative estimate of drug-likeness (QED) is 0.294. The van der Waals surface area contributed by atoms with E-state index in [0.29, 0.717) is 6.42 Å². The lowest BCUT2D eigenvalue weighted by Crippen LogP contribution is -2.45. The molecule has 0 saturated carbocycles. The Labute approximate surface area is 145 Å². The molecule has 0 aliphatic carbocycles. The van der Waals surface area contributed by atoms with Gasteiger partial charge in [-0.1, -0.05) is 41.4 Å². The highest BCUT2D eigenvalue weighted by atomic mass is 33.1. The van der Waals surface area contributed by atoms with Crippen LogP contribution in [0.1, 0.15) is 32.6 Å². The number of methoxy groups -OCH3 is 2. The molecular formula is C14H26N2O5S2. The lowest BCUT2D eigenvalue weighted by molar-refractivity contribution is -0.143. The van der Waals surface area contributed by atoms with E-state index >= 15 is 0 Å². The first-order chi connectivity index (χ1) is 10.9. The van der Waals surface area contributed by atoms with Gasteiger partial charge in [0.25, 0.3) is 0 Å². The monoisotopic (exact) mass is 366 g/mol. The molecule has 0 bridgehead atoms. The van der Waals surface area contributed by atoms with Gasteiger partial charge in [0.15, 0.2) is 0 Å².